The summed E-state index contributed by atoms with van der Waals surface area (Å²) in [7, 11) is -0.241. The Morgan fingerprint density at radius 3 is 2.39 bits per heavy atom. The summed E-state index contributed by atoms with van der Waals surface area (Å²) in [6.45, 7) is 6.89. The molecule has 0 amide bonds. The molecule has 3 rings (SSSR count). The van der Waals surface area contributed by atoms with Crippen molar-refractivity contribution in [2.45, 2.75) is 19.6 Å². The quantitative estimate of drug-likeness (QED) is 0.592. The highest BCUT2D eigenvalue weighted by atomic mass is 28.3. The molecule has 3 aromatic rings. The van der Waals surface area contributed by atoms with Gasteiger partial charge in [0.25, 0.3) is 0 Å². The van der Waals surface area contributed by atoms with Gasteiger partial charge in [0.15, 0.2) is 5.69 Å². The van der Waals surface area contributed by atoms with E-state index in [1.54, 1.807) is 6.07 Å². The number of aromatic nitrogens is 2. The molecule has 0 aliphatic carbocycles. The van der Waals surface area contributed by atoms with Gasteiger partial charge in [0, 0.05) is 16.3 Å². The van der Waals surface area contributed by atoms with Gasteiger partial charge in [-0.05, 0) is 17.7 Å². The van der Waals surface area contributed by atoms with Crippen LogP contribution in [-0.2, 0) is 4.74 Å². The zero-order valence-corrected chi connectivity index (χ0v) is 14.8. The zero-order chi connectivity index (χ0) is 16.6. The largest absolute Gasteiger partial charge is 0.464 e. The summed E-state index contributed by atoms with van der Waals surface area (Å²) in [5, 5.41) is 2.29. The maximum absolute atomic E-state index is 11.7. The third-order valence-corrected chi connectivity index (χ3v) is 5.74. The lowest BCUT2D eigenvalue weighted by atomic mass is 10.1. The Balaban J connectivity index is 2.30. The maximum Gasteiger partial charge on any atom is 0.356 e. The molecule has 118 valence electrons. The van der Waals surface area contributed by atoms with Crippen LogP contribution in [0.3, 0.4) is 0 Å². The summed E-state index contributed by atoms with van der Waals surface area (Å²) in [4.78, 5) is 19.6. The van der Waals surface area contributed by atoms with E-state index in [-0.39, 0.29) is 0 Å². The second-order valence-electron chi connectivity index (χ2n) is 6.58. The Kier molecular flexibility index (Phi) is 3.81. The molecule has 2 aromatic heterocycles. The molecule has 0 saturated carbocycles. The number of carbonyl (C=O) groups excluding carboxylic acids is 1. The molecule has 0 radical (unpaired) electrons. The van der Waals surface area contributed by atoms with E-state index in [4.69, 9.17) is 4.74 Å². The van der Waals surface area contributed by atoms with Gasteiger partial charge in [0.2, 0.25) is 0 Å². The SMILES string of the molecule is COC(=O)c1ccc2c(-c3ccccc3)c([Si](C)(C)C)[nH]c2n1. The fourth-order valence-corrected chi connectivity index (χ4v) is 4.28. The van der Waals surface area contributed by atoms with Crippen LogP contribution in [0.5, 0.6) is 0 Å². The molecule has 1 aromatic carbocycles. The van der Waals surface area contributed by atoms with Gasteiger partial charge >= 0.3 is 5.97 Å². The van der Waals surface area contributed by atoms with E-state index >= 15 is 0 Å². The van der Waals surface area contributed by atoms with Crippen molar-refractivity contribution in [3.8, 4) is 11.1 Å². The highest BCUT2D eigenvalue weighted by molar-refractivity contribution is 6.89. The number of pyridine rings is 1. The van der Waals surface area contributed by atoms with Gasteiger partial charge in [0.05, 0.1) is 15.2 Å². The molecular formula is C18H20N2O2Si. The Labute approximate surface area is 136 Å². The molecule has 0 aliphatic rings. The van der Waals surface area contributed by atoms with E-state index in [1.807, 2.05) is 24.3 Å². The van der Waals surface area contributed by atoms with Crippen molar-refractivity contribution in [1.82, 2.24) is 9.97 Å². The van der Waals surface area contributed by atoms with Gasteiger partial charge in [-0.2, -0.15) is 0 Å². The molecule has 0 bridgehead atoms. The van der Waals surface area contributed by atoms with Crippen LogP contribution < -0.4 is 5.32 Å². The van der Waals surface area contributed by atoms with Crippen molar-refractivity contribution in [3.63, 3.8) is 0 Å². The number of nitrogens with one attached hydrogen (secondary N) is 1. The lowest BCUT2D eigenvalue weighted by Crippen LogP contribution is -2.39. The third-order valence-electron chi connectivity index (χ3n) is 3.86. The monoisotopic (exact) mass is 324 g/mol. The average molecular weight is 324 g/mol. The number of H-pyrrole nitrogens is 1. The van der Waals surface area contributed by atoms with E-state index in [2.05, 4.69) is 41.7 Å². The molecule has 5 heteroatoms. The Bertz CT molecular complexity index is 864. The summed E-state index contributed by atoms with van der Waals surface area (Å²) in [6, 6.07) is 14.0. The molecule has 2 heterocycles. The summed E-state index contributed by atoms with van der Waals surface area (Å²) in [6.07, 6.45) is 0. The first-order valence-electron chi connectivity index (χ1n) is 7.59. The fourth-order valence-electron chi connectivity index (χ4n) is 2.76. The molecule has 4 nitrogen and oxygen atoms in total. The molecule has 0 atom stereocenters. The summed E-state index contributed by atoms with van der Waals surface area (Å²) >= 11 is 0. The van der Waals surface area contributed by atoms with Crippen LogP contribution in [-0.4, -0.2) is 31.1 Å². The normalized spacial score (nSPS) is 11.7. The second-order valence-corrected chi connectivity index (χ2v) is 11.6. The predicted molar refractivity (Wildman–Crippen MR) is 95.8 cm³/mol. The minimum absolute atomic E-state index is 0.322. The van der Waals surface area contributed by atoms with Crippen molar-refractivity contribution in [2.24, 2.45) is 0 Å². The molecule has 0 aliphatic heterocycles. The second kappa shape index (κ2) is 5.66. The minimum atomic E-state index is -1.61. The van der Waals surface area contributed by atoms with E-state index in [1.165, 1.54) is 23.6 Å². The number of esters is 1. The Hall–Kier alpha value is -2.40. The fraction of sp³-hybridized carbons (Fsp3) is 0.222. The number of fused-ring (bicyclic) bond motifs is 1. The number of hydrogen-bond donors (Lipinski definition) is 1. The van der Waals surface area contributed by atoms with E-state index in [0.717, 1.165) is 11.0 Å². The van der Waals surface area contributed by atoms with Crippen molar-refractivity contribution in [3.05, 3.63) is 48.2 Å². The molecular weight excluding hydrogens is 304 g/mol. The number of ether oxygens (including phenoxy) is 1. The highest BCUT2D eigenvalue weighted by Crippen LogP contribution is 2.28. The summed E-state index contributed by atoms with van der Waals surface area (Å²) < 4.78 is 4.77. The predicted octanol–water partition coefficient (Wildman–Crippen LogP) is 3.56. The molecule has 0 saturated heterocycles. The summed E-state index contributed by atoms with van der Waals surface area (Å²) in [5.74, 6) is -0.419. The first kappa shape index (κ1) is 15.5. The number of aromatic amines is 1. The van der Waals surface area contributed by atoms with Crippen molar-refractivity contribution < 1.29 is 9.53 Å². The van der Waals surface area contributed by atoms with E-state index in [0.29, 0.717) is 5.69 Å². The Morgan fingerprint density at radius 1 is 1.09 bits per heavy atom. The number of hydrogen-bond acceptors (Lipinski definition) is 3. The van der Waals surface area contributed by atoms with E-state index in [9.17, 15) is 4.79 Å². The van der Waals surface area contributed by atoms with Gasteiger partial charge in [-0.25, -0.2) is 9.78 Å². The van der Waals surface area contributed by atoms with Crippen LogP contribution in [0.1, 0.15) is 10.5 Å². The van der Waals surface area contributed by atoms with Gasteiger partial charge in [0.1, 0.15) is 5.65 Å². The van der Waals surface area contributed by atoms with Gasteiger partial charge in [-0.1, -0.05) is 50.0 Å². The van der Waals surface area contributed by atoms with Crippen molar-refractivity contribution in [2.75, 3.05) is 7.11 Å². The van der Waals surface area contributed by atoms with Gasteiger partial charge in [-0.3, -0.25) is 0 Å². The first-order chi connectivity index (χ1) is 10.9. The smallest absolute Gasteiger partial charge is 0.356 e. The lowest BCUT2D eigenvalue weighted by Gasteiger charge is -2.17. The van der Waals surface area contributed by atoms with Crippen molar-refractivity contribution >= 4 is 30.4 Å². The number of nitrogens with zero attached hydrogens (tertiary/aromatic N) is 1. The first-order valence-corrected chi connectivity index (χ1v) is 11.1. The molecule has 23 heavy (non-hydrogen) atoms. The number of methoxy groups -OCH3 is 1. The van der Waals surface area contributed by atoms with Crippen LogP contribution >= 0.6 is 0 Å². The van der Waals surface area contributed by atoms with Crippen LogP contribution in [0, 0.1) is 0 Å². The standard InChI is InChI=1S/C18H20N2O2Si/c1-22-18(21)14-11-10-13-15(12-8-6-5-7-9-12)17(23(2,3)4)20-16(13)19-14/h5-11H,1-4H3,(H,19,20). The zero-order valence-electron chi connectivity index (χ0n) is 13.8. The number of benzene rings is 1. The van der Waals surface area contributed by atoms with Gasteiger partial charge < -0.3 is 9.72 Å². The minimum Gasteiger partial charge on any atom is -0.464 e. The third kappa shape index (κ3) is 2.79. The van der Waals surface area contributed by atoms with Crippen LogP contribution in [0.15, 0.2) is 42.5 Å². The van der Waals surface area contributed by atoms with Crippen LogP contribution in [0.2, 0.25) is 19.6 Å². The molecule has 0 unspecified atom stereocenters. The molecule has 1 N–H and O–H groups in total. The average Bonchev–Trinajstić information content (AvgIpc) is 2.93. The van der Waals surface area contributed by atoms with Crippen LogP contribution in [0.4, 0.5) is 0 Å². The summed E-state index contributed by atoms with van der Waals surface area (Å²) in [5.41, 5.74) is 3.43. The Morgan fingerprint density at radius 2 is 1.78 bits per heavy atom. The molecule has 0 spiro atoms. The highest BCUT2D eigenvalue weighted by Gasteiger charge is 2.26. The molecule has 0 fully saturated rings. The van der Waals surface area contributed by atoms with Gasteiger partial charge in [-0.15, -0.1) is 0 Å². The van der Waals surface area contributed by atoms with Crippen molar-refractivity contribution in [1.29, 1.82) is 0 Å². The van der Waals surface area contributed by atoms with Crippen LogP contribution in [0.25, 0.3) is 22.2 Å². The topological polar surface area (TPSA) is 55.0 Å². The van der Waals surface area contributed by atoms with E-state index < -0.39 is 14.0 Å². The number of rotatable bonds is 3. The maximum atomic E-state index is 11.7. The number of carbonyl (C=O) groups is 1. The lowest BCUT2D eigenvalue weighted by molar-refractivity contribution is 0.0594.